The molecule has 0 bridgehead atoms. The highest BCUT2D eigenvalue weighted by Crippen LogP contribution is 2.60. The largest absolute Gasteiger partial charge is 0.468 e. The van der Waals surface area contributed by atoms with E-state index in [0.29, 0.717) is 11.5 Å². The fraction of sp³-hybridized carbons (Fsp3) is 0.421. The van der Waals surface area contributed by atoms with Gasteiger partial charge in [0.15, 0.2) is 22.7 Å². The van der Waals surface area contributed by atoms with Crippen molar-refractivity contribution in [3.8, 4) is 11.5 Å². The minimum absolute atomic E-state index is 0.0269. The number of rotatable bonds is 3. The average Bonchev–Trinajstić information content (AvgIpc) is 3.30. The third kappa shape index (κ3) is 2.09. The van der Waals surface area contributed by atoms with Gasteiger partial charge in [-0.3, -0.25) is 14.4 Å². The molecule has 3 aliphatic rings. The van der Waals surface area contributed by atoms with E-state index in [1.54, 1.807) is 6.07 Å². The van der Waals surface area contributed by atoms with Gasteiger partial charge in [0.1, 0.15) is 0 Å². The van der Waals surface area contributed by atoms with Gasteiger partial charge in [-0.05, 0) is 36.6 Å². The number of hydrogen-bond donors (Lipinski definition) is 0. The first-order valence-electron chi connectivity index (χ1n) is 8.26. The van der Waals surface area contributed by atoms with Crippen LogP contribution in [0, 0.1) is 5.41 Å². The van der Waals surface area contributed by atoms with Crippen molar-refractivity contribution in [1.29, 1.82) is 0 Å². The summed E-state index contributed by atoms with van der Waals surface area (Å²) in [7, 11) is 2.49. The van der Waals surface area contributed by atoms with Crippen LogP contribution in [0.15, 0.2) is 29.8 Å². The van der Waals surface area contributed by atoms with Gasteiger partial charge in [0.05, 0.1) is 14.2 Å². The first-order valence-corrected chi connectivity index (χ1v) is 8.26. The topological polar surface area (TPSA) is 88.1 Å². The Labute approximate surface area is 149 Å². The Morgan fingerprint density at radius 2 is 1.73 bits per heavy atom. The molecule has 1 aromatic carbocycles. The normalized spacial score (nSPS) is 24.8. The summed E-state index contributed by atoms with van der Waals surface area (Å²) in [5.74, 6) is -0.102. The van der Waals surface area contributed by atoms with Crippen LogP contribution in [0.5, 0.6) is 11.5 Å². The number of carbonyl (C=O) groups is 3. The van der Waals surface area contributed by atoms with Crippen LogP contribution < -0.4 is 9.47 Å². The van der Waals surface area contributed by atoms with Crippen LogP contribution in [0.3, 0.4) is 0 Å². The van der Waals surface area contributed by atoms with Crippen molar-refractivity contribution in [1.82, 2.24) is 0 Å². The highest BCUT2D eigenvalue weighted by atomic mass is 16.7. The van der Waals surface area contributed by atoms with Gasteiger partial charge in [-0.25, -0.2) is 0 Å². The van der Waals surface area contributed by atoms with E-state index < -0.39 is 22.8 Å². The second kappa shape index (κ2) is 5.59. The van der Waals surface area contributed by atoms with Gasteiger partial charge in [0, 0.05) is 11.8 Å². The molecule has 7 nitrogen and oxygen atoms in total. The number of ketones is 1. The van der Waals surface area contributed by atoms with Gasteiger partial charge in [0.25, 0.3) is 0 Å². The molecule has 26 heavy (non-hydrogen) atoms. The van der Waals surface area contributed by atoms with Gasteiger partial charge in [-0.2, -0.15) is 0 Å². The van der Waals surface area contributed by atoms with E-state index in [1.165, 1.54) is 20.3 Å². The summed E-state index contributed by atoms with van der Waals surface area (Å²) >= 11 is 0. The van der Waals surface area contributed by atoms with Crippen molar-refractivity contribution >= 4 is 17.7 Å². The summed E-state index contributed by atoms with van der Waals surface area (Å²) in [4.78, 5) is 37.3. The molecule has 0 spiro atoms. The van der Waals surface area contributed by atoms with Crippen molar-refractivity contribution in [2.75, 3.05) is 21.0 Å². The summed E-state index contributed by atoms with van der Waals surface area (Å²) in [5.41, 5.74) is -0.641. The van der Waals surface area contributed by atoms with Crippen LogP contribution in [0.4, 0.5) is 0 Å². The van der Waals surface area contributed by atoms with Gasteiger partial charge in [-0.15, -0.1) is 0 Å². The summed E-state index contributed by atoms with van der Waals surface area (Å²) < 4.78 is 20.6. The lowest BCUT2D eigenvalue weighted by Gasteiger charge is -2.30. The van der Waals surface area contributed by atoms with Crippen molar-refractivity contribution in [2.24, 2.45) is 5.41 Å². The van der Waals surface area contributed by atoms with Crippen LogP contribution in [0.1, 0.15) is 24.8 Å². The second-order valence-electron chi connectivity index (χ2n) is 6.88. The maximum Gasteiger partial charge on any atom is 0.323 e. The Morgan fingerprint density at radius 1 is 1.04 bits per heavy atom. The Bertz CT molecular complexity index is 837. The predicted octanol–water partition coefficient (Wildman–Crippen LogP) is 1.68. The quantitative estimate of drug-likeness (QED) is 0.600. The third-order valence-corrected chi connectivity index (χ3v) is 5.60. The minimum Gasteiger partial charge on any atom is -0.468 e. The highest BCUT2D eigenvalue weighted by Gasteiger charge is 2.63. The maximum atomic E-state index is 12.5. The smallest absolute Gasteiger partial charge is 0.323 e. The van der Waals surface area contributed by atoms with E-state index >= 15 is 0 Å². The molecule has 0 N–H and O–H groups in total. The lowest BCUT2D eigenvalue weighted by Crippen LogP contribution is -2.41. The van der Waals surface area contributed by atoms with E-state index in [4.69, 9.17) is 18.9 Å². The van der Waals surface area contributed by atoms with Crippen molar-refractivity contribution in [3.63, 3.8) is 0 Å². The molecule has 1 fully saturated rings. The molecule has 1 saturated carbocycles. The third-order valence-electron chi connectivity index (χ3n) is 5.60. The van der Waals surface area contributed by atoms with E-state index in [0.717, 1.165) is 11.1 Å². The molecule has 0 amide bonds. The van der Waals surface area contributed by atoms with Crippen LogP contribution in [0.2, 0.25) is 0 Å². The Morgan fingerprint density at radius 3 is 2.42 bits per heavy atom. The first-order chi connectivity index (χ1) is 12.4. The monoisotopic (exact) mass is 358 g/mol. The number of methoxy groups -OCH3 is 2. The zero-order valence-electron chi connectivity index (χ0n) is 14.5. The number of carbonyl (C=O) groups excluding carboxylic acids is 3. The van der Waals surface area contributed by atoms with Crippen molar-refractivity contribution < 1.29 is 33.3 Å². The average molecular weight is 358 g/mol. The van der Waals surface area contributed by atoms with Crippen molar-refractivity contribution in [3.05, 3.63) is 35.4 Å². The lowest BCUT2D eigenvalue weighted by molar-refractivity contribution is -0.169. The molecule has 2 aliphatic carbocycles. The Kier molecular flexibility index (Phi) is 3.57. The molecule has 1 aliphatic heterocycles. The van der Waals surface area contributed by atoms with Gasteiger partial charge < -0.3 is 18.9 Å². The molecule has 1 aromatic rings. The fourth-order valence-electron chi connectivity index (χ4n) is 4.44. The fourth-order valence-corrected chi connectivity index (χ4v) is 4.44. The number of fused-ring (bicyclic) bond motifs is 2. The summed E-state index contributed by atoms with van der Waals surface area (Å²) in [5, 5.41) is 0. The van der Waals surface area contributed by atoms with Crippen LogP contribution in [-0.4, -0.2) is 38.7 Å². The zero-order chi connectivity index (χ0) is 18.5. The van der Waals surface area contributed by atoms with E-state index in [2.05, 4.69) is 0 Å². The van der Waals surface area contributed by atoms with E-state index in [1.807, 2.05) is 12.1 Å². The molecule has 1 heterocycles. The molecule has 136 valence electrons. The van der Waals surface area contributed by atoms with Crippen LogP contribution >= 0.6 is 0 Å². The molecule has 0 saturated heterocycles. The van der Waals surface area contributed by atoms with Gasteiger partial charge >= 0.3 is 11.9 Å². The highest BCUT2D eigenvalue weighted by molar-refractivity contribution is 6.04. The Hall–Kier alpha value is -2.83. The molecule has 1 unspecified atom stereocenters. The van der Waals surface area contributed by atoms with Crippen LogP contribution in [-0.2, 0) is 29.3 Å². The predicted molar refractivity (Wildman–Crippen MR) is 87.6 cm³/mol. The number of hydrogen-bond acceptors (Lipinski definition) is 7. The van der Waals surface area contributed by atoms with Crippen molar-refractivity contribution in [2.45, 2.75) is 24.7 Å². The van der Waals surface area contributed by atoms with E-state index in [9.17, 15) is 14.4 Å². The number of benzene rings is 1. The van der Waals surface area contributed by atoms with E-state index in [-0.39, 0.29) is 31.8 Å². The molecule has 0 aromatic heterocycles. The number of ether oxygens (including phenoxy) is 4. The van der Waals surface area contributed by atoms with Gasteiger partial charge in [-0.1, -0.05) is 11.6 Å². The Balaban J connectivity index is 1.84. The lowest BCUT2D eigenvalue weighted by atomic mass is 9.73. The van der Waals surface area contributed by atoms with Gasteiger partial charge in [0.2, 0.25) is 6.79 Å². The summed E-state index contributed by atoms with van der Waals surface area (Å²) in [6, 6.07) is 5.45. The SMILES string of the molecule is COC(=O)C1(C(=O)OC)CC2=CC(=O)CC2(c2ccc3c(c2)OCO3)C1. The standard InChI is InChI=1S/C19H18O7/c1-23-16(21)19(17(22)24-2)7-12-5-13(20)8-18(12,9-19)11-3-4-14-15(6-11)26-10-25-14/h3-6H,7-10H2,1-2H3. The molecule has 0 radical (unpaired) electrons. The molecule has 4 rings (SSSR count). The summed E-state index contributed by atoms with van der Waals surface area (Å²) in [6.07, 6.45) is 1.96. The zero-order valence-corrected chi connectivity index (χ0v) is 14.5. The number of esters is 2. The first kappa shape index (κ1) is 16.6. The molecule has 1 atom stereocenters. The number of allylic oxidation sites excluding steroid dienone is 2. The maximum absolute atomic E-state index is 12.5. The summed E-state index contributed by atoms with van der Waals surface area (Å²) in [6.45, 7) is 0.141. The minimum atomic E-state index is -1.45. The molecule has 7 heteroatoms. The second-order valence-corrected chi connectivity index (χ2v) is 6.88. The molecular formula is C19H18O7. The molecular weight excluding hydrogens is 340 g/mol. The van der Waals surface area contributed by atoms with Crippen LogP contribution in [0.25, 0.3) is 0 Å².